The van der Waals surface area contributed by atoms with Gasteiger partial charge in [0.15, 0.2) is 0 Å². The average molecular weight is 210 g/mol. The fraction of sp³-hybridized carbons (Fsp3) is 0. The van der Waals surface area contributed by atoms with Crippen LogP contribution in [0.1, 0.15) is 16.0 Å². The van der Waals surface area contributed by atoms with Crippen LogP contribution in [0.2, 0.25) is 0 Å². The van der Waals surface area contributed by atoms with Gasteiger partial charge in [0.1, 0.15) is 6.07 Å². The summed E-state index contributed by atoms with van der Waals surface area (Å²) in [7, 11) is 0. The lowest BCUT2D eigenvalue weighted by Crippen LogP contribution is -1.79. The standard InChI is InChI=1S/C12H6N2S/c1-2-10-9(7-14)12-8(6-13)4-3-5-11(12)15-10/h2-5H,1H2. The van der Waals surface area contributed by atoms with Crippen molar-refractivity contribution in [2.45, 2.75) is 0 Å². The van der Waals surface area contributed by atoms with Crippen molar-refractivity contribution < 1.29 is 0 Å². The Balaban J connectivity index is 3.00. The van der Waals surface area contributed by atoms with Crippen molar-refractivity contribution in [1.29, 1.82) is 10.5 Å². The SMILES string of the molecule is C=Cc1sc2cccc(C#N)c2c1C#N. The number of fused-ring (bicyclic) bond motifs is 1. The predicted molar refractivity (Wildman–Crippen MR) is 61.3 cm³/mol. The summed E-state index contributed by atoms with van der Waals surface area (Å²) >= 11 is 1.49. The van der Waals surface area contributed by atoms with Crippen molar-refractivity contribution in [2.24, 2.45) is 0 Å². The fourth-order valence-electron chi connectivity index (χ4n) is 1.51. The Bertz CT molecular complexity index is 623. The normalized spacial score (nSPS) is 9.47. The monoisotopic (exact) mass is 210 g/mol. The number of hydrogen-bond acceptors (Lipinski definition) is 3. The Kier molecular flexibility index (Phi) is 2.25. The second-order valence-electron chi connectivity index (χ2n) is 2.95. The molecular weight excluding hydrogens is 204 g/mol. The molecule has 1 aromatic carbocycles. The average Bonchev–Trinajstić information content (AvgIpc) is 2.66. The number of nitrogens with zero attached hydrogens (tertiary/aromatic N) is 2. The molecule has 15 heavy (non-hydrogen) atoms. The first-order valence-electron chi connectivity index (χ1n) is 4.30. The lowest BCUT2D eigenvalue weighted by atomic mass is 10.1. The number of thiophene rings is 1. The molecule has 3 heteroatoms. The molecule has 2 aromatic rings. The minimum atomic E-state index is 0.549. The van der Waals surface area contributed by atoms with Crippen molar-refractivity contribution in [3.8, 4) is 12.1 Å². The second kappa shape index (κ2) is 3.57. The minimum Gasteiger partial charge on any atom is -0.192 e. The first kappa shape index (κ1) is 9.45. The third-order valence-electron chi connectivity index (χ3n) is 2.16. The summed E-state index contributed by atoms with van der Waals surface area (Å²) in [5, 5.41) is 18.8. The molecule has 2 rings (SSSR count). The van der Waals surface area contributed by atoms with E-state index in [1.807, 2.05) is 12.1 Å². The molecule has 0 aliphatic heterocycles. The highest BCUT2D eigenvalue weighted by molar-refractivity contribution is 7.20. The van der Waals surface area contributed by atoms with E-state index in [4.69, 9.17) is 10.5 Å². The smallest absolute Gasteiger partial charge is 0.101 e. The molecule has 0 saturated carbocycles. The molecule has 0 aliphatic rings. The van der Waals surface area contributed by atoms with Crippen LogP contribution in [0.4, 0.5) is 0 Å². The van der Waals surface area contributed by atoms with Gasteiger partial charge >= 0.3 is 0 Å². The van der Waals surface area contributed by atoms with E-state index in [9.17, 15) is 0 Å². The van der Waals surface area contributed by atoms with E-state index in [1.165, 1.54) is 11.3 Å². The third-order valence-corrected chi connectivity index (χ3v) is 3.31. The van der Waals surface area contributed by atoms with Crippen molar-refractivity contribution in [3.63, 3.8) is 0 Å². The van der Waals surface area contributed by atoms with Crippen LogP contribution < -0.4 is 0 Å². The maximum absolute atomic E-state index is 9.06. The number of rotatable bonds is 1. The van der Waals surface area contributed by atoms with Gasteiger partial charge in [-0.05, 0) is 12.1 Å². The van der Waals surface area contributed by atoms with Crippen LogP contribution in [0.3, 0.4) is 0 Å². The van der Waals surface area contributed by atoms with Crippen molar-refractivity contribution in [2.75, 3.05) is 0 Å². The summed E-state index contributed by atoms with van der Waals surface area (Å²) in [6.07, 6.45) is 1.66. The highest BCUT2D eigenvalue weighted by atomic mass is 32.1. The maximum Gasteiger partial charge on any atom is 0.101 e. The van der Waals surface area contributed by atoms with E-state index in [0.717, 1.165) is 15.0 Å². The highest BCUT2D eigenvalue weighted by Gasteiger charge is 2.12. The van der Waals surface area contributed by atoms with Crippen LogP contribution in [-0.4, -0.2) is 0 Å². The zero-order valence-electron chi connectivity index (χ0n) is 7.82. The Morgan fingerprint density at radius 2 is 2.07 bits per heavy atom. The van der Waals surface area contributed by atoms with E-state index < -0.39 is 0 Å². The first-order chi connectivity index (χ1) is 7.31. The maximum atomic E-state index is 9.06. The summed E-state index contributed by atoms with van der Waals surface area (Å²) in [5.41, 5.74) is 1.11. The second-order valence-corrected chi connectivity index (χ2v) is 4.03. The molecular formula is C12H6N2S. The molecule has 0 N–H and O–H groups in total. The van der Waals surface area contributed by atoms with E-state index in [2.05, 4.69) is 18.7 Å². The summed E-state index contributed by atoms with van der Waals surface area (Å²) in [5.74, 6) is 0. The lowest BCUT2D eigenvalue weighted by Gasteiger charge is -1.92. The molecule has 2 nitrogen and oxygen atoms in total. The van der Waals surface area contributed by atoms with Crippen LogP contribution in [0, 0.1) is 22.7 Å². The van der Waals surface area contributed by atoms with Crippen LogP contribution in [0.25, 0.3) is 16.2 Å². The zero-order valence-corrected chi connectivity index (χ0v) is 8.64. The Morgan fingerprint density at radius 3 is 2.67 bits per heavy atom. The number of nitriles is 2. The number of benzene rings is 1. The quantitative estimate of drug-likeness (QED) is 0.725. The van der Waals surface area contributed by atoms with E-state index in [1.54, 1.807) is 12.1 Å². The van der Waals surface area contributed by atoms with Gasteiger partial charge in [-0.3, -0.25) is 0 Å². The summed E-state index contributed by atoms with van der Waals surface area (Å²) in [6.45, 7) is 3.67. The molecule has 0 saturated heterocycles. The molecule has 0 bridgehead atoms. The molecule has 1 heterocycles. The van der Waals surface area contributed by atoms with Gasteiger partial charge in [0.05, 0.1) is 17.2 Å². The summed E-state index contributed by atoms with van der Waals surface area (Å²) in [4.78, 5) is 0.829. The highest BCUT2D eigenvalue weighted by Crippen LogP contribution is 2.33. The van der Waals surface area contributed by atoms with Gasteiger partial charge in [0, 0.05) is 15.0 Å². The first-order valence-corrected chi connectivity index (χ1v) is 5.11. The summed E-state index contributed by atoms with van der Waals surface area (Å²) < 4.78 is 0.959. The van der Waals surface area contributed by atoms with Crippen LogP contribution in [0.5, 0.6) is 0 Å². The fourth-order valence-corrected chi connectivity index (χ4v) is 2.55. The Morgan fingerprint density at radius 1 is 1.27 bits per heavy atom. The van der Waals surface area contributed by atoms with E-state index >= 15 is 0 Å². The Labute approximate surface area is 91.3 Å². The number of hydrogen-bond donors (Lipinski definition) is 0. The molecule has 1 aromatic heterocycles. The molecule has 0 atom stereocenters. The zero-order chi connectivity index (χ0) is 10.8. The van der Waals surface area contributed by atoms with Gasteiger partial charge in [-0.1, -0.05) is 18.7 Å². The minimum absolute atomic E-state index is 0.549. The molecule has 0 fully saturated rings. The third kappa shape index (κ3) is 1.30. The van der Waals surface area contributed by atoms with Crippen LogP contribution in [-0.2, 0) is 0 Å². The molecule has 0 aliphatic carbocycles. The van der Waals surface area contributed by atoms with E-state index in [0.29, 0.717) is 11.1 Å². The Hall–Kier alpha value is -2.10. The molecule has 70 valence electrons. The van der Waals surface area contributed by atoms with Crippen molar-refractivity contribution >= 4 is 27.5 Å². The van der Waals surface area contributed by atoms with Gasteiger partial charge in [-0.25, -0.2) is 0 Å². The van der Waals surface area contributed by atoms with Gasteiger partial charge in [0.25, 0.3) is 0 Å². The van der Waals surface area contributed by atoms with Gasteiger partial charge < -0.3 is 0 Å². The molecule has 0 spiro atoms. The van der Waals surface area contributed by atoms with Gasteiger partial charge in [-0.2, -0.15) is 10.5 Å². The van der Waals surface area contributed by atoms with Crippen LogP contribution in [0.15, 0.2) is 24.8 Å². The molecule has 0 amide bonds. The van der Waals surface area contributed by atoms with Gasteiger partial charge in [0.2, 0.25) is 0 Å². The molecule has 0 unspecified atom stereocenters. The topological polar surface area (TPSA) is 47.6 Å². The largest absolute Gasteiger partial charge is 0.192 e. The van der Waals surface area contributed by atoms with Crippen molar-refractivity contribution in [1.82, 2.24) is 0 Å². The van der Waals surface area contributed by atoms with E-state index in [-0.39, 0.29) is 0 Å². The van der Waals surface area contributed by atoms with Crippen molar-refractivity contribution in [3.05, 3.63) is 40.8 Å². The molecule has 0 radical (unpaired) electrons. The predicted octanol–water partition coefficient (Wildman–Crippen LogP) is 3.29. The lowest BCUT2D eigenvalue weighted by molar-refractivity contribution is 1.49. The van der Waals surface area contributed by atoms with Gasteiger partial charge in [-0.15, -0.1) is 11.3 Å². The summed E-state index contributed by atoms with van der Waals surface area (Å²) in [6, 6.07) is 9.70. The van der Waals surface area contributed by atoms with Crippen LogP contribution >= 0.6 is 11.3 Å².